The van der Waals surface area contributed by atoms with Crippen molar-refractivity contribution in [2.45, 2.75) is 45.1 Å². The lowest BCUT2D eigenvalue weighted by molar-refractivity contribution is 0.417. The second-order valence-corrected chi connectivity index (χ2v) is 4.82. The van der Waals surface area contributed by atoms with Crippen LogP contribution in [-0.2, 0) is 0 Å². The fourth-order valence-electron chi connectivity index (χ4n) is 2.88. The molecule has 0 spiro atoms. The molecule has 0 atom stereocenters. The first kappa shape index (κ1) is 12.9. The molecular weight excluding hydrogens is 227 g/mol. The standard InChI is InChI=1S/C15H19FN2/c1-2-18(12-7-4-3-5-8-12)15-10-6-9-14(16)13(15)11-17/h6,9-10,12H,2-5,7-8H2,1H3. The van der Waals surface area contributed by atoms with Crippen molar-refractivity contribution in [1.82, 2.24) is 0 Å². The van der Waals surface area contributed by atoms with Gasteiger partial charge in [0.2, 0.25) is 0 Å². The van der Waals surface area contributed by atoms with Crippen LogP contribution in [0.15, 0.2) is 18.2 Å². The zero-order valence-corrected chi connectivity index (χ0v) is 10.8. The number of halogens is 1. The summed E-state index contributed by atoms with van der Waals surface area (Å²) >= 11 is 0. The fourth-order valence-corrected chi connectivity index (χ4v) is 2.88. The summed E-state index contributed by atoms with van der Waals surface area (Å²) in [5.74, 6) is -0.413. The summed E-state index contributed by atoms with van der Waals surface area (Å²) in [7, 11) is 0. The zero-order valence-electron chi connectivity index (χ0n) is 10.8. The Kier molecular flexibility index (Phi) is 4.19. The number of hydrogen-bond donors (Lipinski definition) is 0. The van der Waals surface area contributed by atoms with Crippen LogP contribution in [0.5, 0.6) is 0 Å². The van der Waals surface area contributed by atoms with Crippen LogP contribution in [0.1, 0.15) is 44.6 Å². The third-order valence-electron chi connectivity index (χ3n) is 3.77. The summed E-state index contributed by atoms with van der Waals surface area (Å²) in [6.07, 6.45) is 6.06. The average Bonchev–Trinajstić information content (AvgIpc) is 2.41. The average molecular weight is 246 g/mol. The van der Waals surface area contributed by atoms with Gasteiger partial charge in [-0.2, -0.15) is 5.26 Å². The van der Waals surface area contributed by atoms with E-state index in [9.17, 15) is 4.39 Å². The minimum Gasteiger partial charge on any atom is -0.368 e. The zero-order chi connectivity index (χ0) is 13.0. The Hall–Kier alpha value is -1.56. The molecule has 0 saturated heterocycles. The van der Waals surface area contributed by atoms with Crippen LogP contribution >= 0.6 is 0 Å². The van der Waals surface area contributed by atoms with E-state index in [1.54, 1.807) is 6.07 Å². The topological polar surface area (TPSA) is 27.0 Å². The normalized spacial score (nSPS) is 16.3. The molecule has 0 heterocycles. The highest BCUT2D eigenvalue weighted by molar-refractivity contribution is 5.60. The van der Waals surface area contributed by atoms with E-state index in [0.29, 0.717) is 6.04 Å². The number of nitrogens with zero attached hydrogens (tertiary/aromatic N) is 2. The van der Waals surface area contributed by atoms with Crippen LogP contribution in [0.4, 0.5) is 10.1 Å². The highest BCUT2D eigenvalue weighted by Gasteiger charge is 2.23. The maximum atomic E-state index is 13.7. The molecule has 0 N–H and O–H groups in total. The molecule has 0 unspecified atom stereocenters. The second-order valence-electron chi connectivity index (χ2n) is 4.82. The van der Waals surface area contributed by atoms with E-state index in [1.165, 1.54) is 25.3 Å². The van der Waals surface area contributed by atoms with Crippen molar-refractivity contribution >= 4 is 5.69 Å². The van der Waals surface area contributed by atoms with Crippen molar-refractivity contribution in [3.8, 4) is 6.07 Å². The first-order valence-corrected chi connectivity index (χ1v) is 6.73. The van der Waals surface area contributed by atoms with Crippen LogP contribution in [-0.4, -0.2) is 12.6 Å². The van der Waals surface area contributed by atoms with Crippen LogP contribution in [0.2, 0.25) is 0 Å². The summed E-state index contributed by atoms with van der Waals surface area (Å²) in [5.41, 5.74) is 0.942. The van der Waals surface area contributed by atoms with Gasteiger partial charge in [-0.05, 0) is 31.9 Å². The lowest BCUT2D eigenvalue weighted by Gasteiger charge is -2.35. The SMILES string of the molecule is CCN(c1cccc(F)c1C#N)C1CCCCC1. The third kappa shape index (κ3) is 2.48. The van der Waals surface area contributed by atoms with Crippen molar-refractivity contribution in [1.29, 1.82) is 5.26 Å². The Balaban J connectivity index is 2.32. The van der Waals surface area contributed by atoms with E-state index in [0.717, 1.165) is 25.1 Å². The number of benzene rings is 1. The summed E-state index contributed by atoms with van der Waals surface area (Å²) in [6.45, 7) is 2.89. The molecule has 1 aliphatic rings. The van der Waals surface area contributed by atoms with E-state index in [4.69, 9.17) is 5.26 Å². The Morgan fingerprint density at radius 3 is 2.67 bits per heavy atom. The number of hydrogen-bond acceptors (Lipinski definition) is 2. The first-order valence-electron chi connectivity index (χ1n) is 6.73. The predicted molar refractivity (Wildman–Crippen MR) is 71.0 cm³/mol. The molecule has 0 bridgehead atoms. The largest absolute Gasteiger partial charge is 0.368 e. The van der Waals surface area contributed by atoms with E-state index in [2.05, 4.69) is 11.8 Å². The van der Waals surface area contributed by atoms with Crippen molar-refractivity contribution in [3.63, 3.8) is 0 Å². The van der Waals surface area contributed by atoms with Gasteiger partial charge in [-0.3, -0.25) is 0 Å². The van der Waals surface area contributed by atoms with Crippen LogP contribution in [0, 0.1) is 17.1 Å². The number of rotatable bonds is 3. The van der Waals surface area contributed by atoms with Gasteiger partial charge >= 0.3 is 0 Å². The molecule has 1 aromatic rings. The van der Waals surface area contributed by atoms with E-state index < -0.39 is 5.82 Å². The molecule has 2 nitrogen and oxygen atoms in total. The summed E-state index contributed by atoms with van der Waals surface area (Å²) in [5, 5.41) is 9.13. The van der Waals surface area contributed by atoms with E-state index in [-0.39, 0.29) is 5.56 Å². The van der Waals surface area contributed by atoms with Gasteiger partial charge in [-0.1, -0.05) is 25.3 Å². The van der Waals surface area contributed by atoms with Crippen molar-refractivity contribution in [2.24, 2.45) is 0 Å². The van der Waals surface area contributed by atoms with Crippen molar-refractivity contribution in [3.05, 3.63) is 29.6 Å². The van der Waals surface area contributed by atoms with Crippen molar-refractivity contribution < 1.29 is 4.39 Å². The lowest BCUT2D eigenvalue weighted by Crippen LogP contribution is -2.37. The van der Waals surface area contributed by atoms with Gasteiger partial charge in [0.05, 0.1) is 5.69 Å². The molecule has 1 aliphatic carbocycles. The van der Waals surface area contributed by atoms with E-state index >= 15 is 0 Å². The number of anilines is 1. The van der Waals surface area contributed by atoms with Gasteiger partial charge in [0.1, 0.15) is 17.4 Å². The van der Waals surface area contributed by atoms with E-state index in [1.807, 2.05) is 12.1 Å². The molecule has 0 aliphatic heterocycles. The summed E-state index contributed by atoms with van der Waals surface area (Å²) in [6, 6.07) is 7.37. The molecule has 96 valence electrons. The quantitative estimate of drug-likeness (QED) is 0.809. The molecule has 1 fully saturated rings. The van der Waals surface area contributed by atoms with Gasteiger partial charge in [-0.25, -0.2) is 4.39 Å². The van der Waals surface area contributed by atoms with Gasteiger partial charge in [0.25, 0.3) is 0 Å². The Bertz CT molecular complexity index is 444. The maximum absolute atomic E-state index is 13.7. The first-order chi connectivity index (χ1) is 8.77. The highest BCUT2D eigenvalue weighted by atomic mass is 19.1. The molecule has 0 aromatic heterocycles. The Labute approximate surface area is 108 Å². The van der Waals surface area contributed by atoms with Gasteiger partial charge in [0.15, 0.2) is 0 Å². The minimum atomic E-state index is -0.413. The molecular formula is C15H19FN2. The summed E-state index contributed by atoms with van der Waals surface area (Å²) < 4.78 is 13.7. The molecule has 2 rings (SSSR count). The number of nitriles is 1. The Morgan fingerprint density at radius 1 is 1.33 bits per heavy atom. The second kappa shape index (κ2) is 5.86. The van der Waals surface area contributed by atoms with Crippen LogP contribution in [0.3, 0.4) is 0 Å². The molecule has 0 radical (unpaired) electrons. The molecule has 0 amide bonds. The van der Waals surface area contributed by atoms with Gasteiger partial charge < -0.3 is 4.90 Å². The molecule has 3 heteroatoms. The fraction of sp³-hybridized carbons (Fsp3) is 0.533. The highest BCUT2D eigenvalue weighted by Crippen LogP contribution is 2.30. The molecule has 1 aromatic carbocycles. The minimum absolute atomic E-state index is 0.185. The predicted octanol–water partition coefficient (Wildman–Crippen LogP) is 3.86. The third-order valence-corrected chi connectivity index (χ3v) is 3.77. The maximum Gasteiger partial charge on any atom is 0.143 e. The Morgan fingerprint density at radius 2 is 2.06 bits per heavy atom. The van der Waals surface area contributed by atoms with Gasteiger partial charge in [0, 0.05) is 12.6 Å². The van der Waals surface area contributed by atoms with Crippen molar-refractivity contribution in [2.75, 3.05) is 11.4 Å². The molecule has 18 heavy (non-hydrogen) atoms. The van der Waals surface area contributed by atoms with Crippen LogP contribution in [0.25, 0.3) is 0 Å². The summed E-state index contributed by atoms with van der Waals surface area (Å²) in [4.78, 5) is 2.20. The monoisotopic (exact) mass is 246 g/mol. The lowest BCUT2D eigenvalue weighted by atomic mass is 9.93. The van der Waals surface area contributed by atoms with Gasteiger partial charge in [-0.15, -0.1) is 0 Å². The smallest absolute Gasteiger partial charge is 0.143 e. The molecule has 1 saturated carbocycles. The van der Waals surface area contributed by atoms with Crippen LogP contribution < -0.4 is 4.90 Å².